The molecule has 156 valence electrons. The molecular weight excluding hydrogens is 420 g/mol. The lowest BCUT2D eigenvalue weighted by atomic mass is 10.1. The summed E-state index contributed by atoms with van der Waals surface area (Å²) >= 11 is 6.01. The molecule has 0 aliphatic heterocycles. The minimum Gasteiger partial charge on any atom is -0.322 e. The molecule has 0 aliphatic carbocycles. The van der Waals surface area contributed by atoms with Crippen LogP contribution in [-0.4, -0.2) is 25.2 Å². The van der Waals surface area contributed by atoms with Crippen molar-refractivity contribution in [1.82, 2.24) is 4.31 Å². The predicted molar refractivity (Wildman–Crippen MR) is 120 cm³/mol. The molecule has 3 rings (SSSR count). The molecule has 0 radical (unpaired) electrons. The van der Waals surface area contributed by atoms with Gasteiger partial charge in [-0.2, -0.15) is 4.31 Å². The molecule has 0 fully saturated rings. The molecule has 1 amide bonds. The van der Waals surface area contributed by atoms with Crippen molar-refractivity contribution in [1.29, 1.82) is 0 Å². The van der Waals surface area contributed by atoms with Crippen molar-refractivity contribution in [2.24, 2.45) is 0 Å². The van der Waals surface area contributed by atoms with E-state index in [4.69, 9.17) is 11.6 Å². The van der Waals surface area contributed by atoms with Gasteiger partial charge in [-0.15, -0.1) is 0 Å². The van der Waals surface area contributed by atoms with Crippen LogP contribution in [0.25, 0.3) is 0 Å². The largest absolute Gasteiger partial charge is 0.322 e. The number of nitrogens with zero attached hydrogens (tertiary/aromatic N) is 1. The van der Waals surface area contributed by atoms with Crippen molar-refractivity contribution < 1.29 is 13.2 Å². The van der Waals surface area contributed by atoms with Gasteiger partial charge in [0.1, 0.15) is 0 Å². The van der Waals surface area contributed by atoms with Crippen LogP contribution in [0.3, 0.4) is 0 Å². The molecule has 5 nitrogen and oxygen atoms in total. The van der Waals surface area contributed by atoms with E-state index in [-0.39, 0.29) is 17.3 Å². The van der Waals surface area contributed by atoms with E-state index in [0.717, 1.165) is 11.1 Å². The van der Waals surface area contributed by atoms with Crippen LogP contribution in [0.5, 0.6) is 0 Å². The van der Waals surface area contributed by atoms with E-state index < -0.39 is 10.0 Å². The first kappa shape index (κ1) is 22.0. The first-order valence-corrected chi connectivity index (χ1v) is 11.3. The zero-order valence-electron chi connectivity index (χ0n) is 16.8. The lowest BCUT2D eigenvalue weighted by Crippen LogP contribution is -2.30. The second-order valence-corrected chi connectivity index (χ2v) is 9.23. The fourth-order valence-corrected chi connectivity index (χ4v) is 4.63. The summed E-state index contributed by atoms with van der Waals surface area (Å²) in [4.78, 5) is 12.8. The molecule has 0 aliphatic rings. The lowest BCUT2D eigenvalue weighted by molar-refractivity contribution is 0.102. The fraction of sp³-hybridized carbons (Fsp3) is 0.174. The molecule has 3 aromatic rings. The summed E-state index contributed by atoms with van der Waals surface area (Å²) in [7, 11) is -3.58. The first-order valence-electron chi connectivity index (χ1n) is 9.53. The predicted octanol–water partition coefficient (Wildman–Crippen LogP) is 5.11. The second-order valence-electron chi connectivity index (χ2n) is 6.85. The molecular formula is C23H23ClN2O3S. The van der Waals surface area contributed by atoms with Crippen molar-refractivity contribution in [2.45, 2.75) is 25.3 Å². The van der Waals surface area contributed by atoms with Gasteiger partial charge in [0.2, 0.25) is 10.0 Å². The summed E-state index contributed by atoms with van der Waals surface area (Å²) < 4.78 is 27.1. The Kier molecular flexibility index (Phi) is 6.92. The Labute approximate surface area is 182 Å². The van der Waals surface area contributed by atoms with Crippen molar-refractivity contribution in [3.8, 4) is 0 Å². The quantitative estimate of drug-likeness (QED) is 0.552. The Bertz CT molecular complexity index is 1130. The molecule has 0 aromatic heterocycles. The average Bonchev–Trinajstić information content (AvgIpc) is 2.75. The molecule has 0 unspecified atom stereocenters. The first-order chi connectivity index (χ1) is 14.3. The Morgan fingerprint density at radius 3 is 2.30 bits per heavy atom. The number of carbonyl (C=O) groups is 1. The molecule has 0 heterocycles. The van der Waals surface area contributed by atoms with Gasteiger partial charge in [0.05, 0.1) is 4.90 Å². The number of amides is 1. The number of nitrogens with one attached hydrogen (secondary N) is 1. The van der Waals surface area contributed by atoms with E-state index in [1.807, 2.05) is 13.0 Å². The number of hydrogen-bond acceptors (Lipinski definition) is 3. The molecule has 0 atom stereocenters. The zero-order chi connectivity index (χ0) is 21.7. The third-order valence-electron chi connectivity index (χ3n) is 4.76. The van der Waals surface area contributed by atoms with Gasteiger partial charge in [0.15, 0.2) is 0 Å². The van der Waals surface area contributed by atoms with Gasteiger partial charge in [0, 0.05) is 29.4 Å². The van der Waals surface area contributed by atoms with Crippen molar-refractivity contribution in [3.63, 3.8) is 0 Å². The number of hydrogen-bond donors (Lipinski definition) is 1. The highest BCUT2D eigenvalue weighted by atomic mass is 35.5. The number of rotatable bonds is 7. The van der Waals surface area contributed by atoms with E-state index in [0.29, 0.717) is 22.8 Å². The second kappa shape index (κ2) is 9.43. The summed E-state index contributed by atoms with van der Waals surface area (Å²) in [6.45, 7) is 4.26. The Morgan fingerprint density at radius 2 is 1.67 bits per heavy atom. The minimum atomic E-state index is -3.58. The maximum atomic E-state index is 12.9. The standard InChI is InChI=1S/C23H23ClN2O3S/c1-3-26(30(28,29)21-7-5-4-6-8-21)16-18-10-12-19(13-11-18)23(27)25-22-15-20(24)14-9-17(22)2/h4-15H,3,16H2,1-2H3,(H,25,27). The Balaban J connectivity index is 1.73. The maximum absolute atomic E-state index is 12.9. The highest BCUT2D eigenvalue weighted by molar-refractivity contribution is 7.89. The normalized spacial score (nSPS) is 11.5. The smallest absolute Gasteiger partial charge is 0.255 e. The van der Waals surface area contributed by atoms with Gasteiger partial charge in [-0.1, -0.05) is 54.9 Å². The molecule has 3 aromatic carbocycles. The summed E-state index contributed by atoms with van der Waals surface area (Å²) in [6.07, 6.45) is 0. The highest BCUT2D eigenvalue weighted by Gasteiger charge is 2.23. The number of anilines is 1. The lowest BCUT2D eigenvalue weighted by Gasteiger charge is -2.20. The van der Waals surface area contributed by atoms with Gasteiger partial charge in [-0.3, -0.25) is 4.79 Å². The van der Waals surface area contributed by atoms with Gasteiger partial charge in [0.25, 0.3) is 5.91 Å². The summed E-state index contributed by atoms with van der Waals surface area (Å²) in [6, 6.07) is 20.6. The summed E-state index contributed by atoms with van der Waals surface area (Å²) in [5.74, 6) is -0.254. The zero-order valence-corrected chi connectivity index (χ0v) is 18.4. The molecule has 0 spiro atoms. The highest BCUT2D eigenvalue weighted by Crippen LogP contribution is 2.22. The Morgan fingerprint density at radius 1 is 1.00 bits per heavy atom. The summed E-state index contributed by atoms with van der Waals surface area (Å²) in [5, 5.41) is 3.40. The molecule has 1 N–H and O–H groups in total. The van der Waals surface area contributed by atoms with Crippen LogP contribution in [-0.2, 0) is 16.6 Å². The van der Waals surface area contributed by atoms with Crippen LogP contribution in [0.1, 0.15) is 28.4 Å². The van der Waals surface area contributed by atoms with Crippen LogP contribution >= 0.6 is 11.6 Å². The Hall–Kier alpha value is -2.67. The van der Waals surface area contributed by atoms with E-state index in [9.17, 15) is 13.2 Å². The van der Waals surface area contributed by atoms with Crippen molar-refractivity contribution >= 4 is 33.2 Å². The third-order valence-corrected chi connectivity index (χ3v) is 6.93. The van der Waals surface area contributed by atoms with Crippen molar-refractivity contribution in [3.05, 3.63) is 94.5 Å². The molecule has 0 bridgehead atoms. The number of sulfonamides is 1. The van der Waals surface area contributed by atoms with Gasteiger partial charge >= 0.3 is 0 Å². The average molecular weight is 443 g/mol. The minimum absolute atomic E-state index is 0.225. The molecule has 0 saturated heterocycles. The number of halogens is 1. The molecule has 7 heteroatoms. The van der Waals surface area contributed by atoms with E-state index in [2.05, 4.69) is 5.32 Å². The van der Waals surface area contributed by atoms with Gasteiger partial charge in [-0.05, 0) is 54.4 Å². The van der Waals surface area contributed by atoms with E-state index >= 15 is 0 Å². The topological polar surface area (TPSA) is 66.5 Å². The number of carbonyl (C=O) groups excluding carboxylic acids is 1. The van der Waals surface area contributed by atoms with Gasteiger partial charge < -0.3 is 5.32 Å². The van der Waals surface area contributed by atoms with Crippen LogP contribution in [0.4, 0.5) is 5.69 Å². The molecule has 30 heavy (non-hydrogen) atoms. The van der Waals surface area contributed by atoms with Crippen LogP contribution in [0.15, 0.2) is 77.7 Å². The van der Waals surface area contributed by atoms with Crippen molar-refractivity contribution in [2.75, 3.05) is 11.9 Å². The van der Waals surface area contributed by atoms with Crippen LogP contribution in [0.2, 0.25) is 5.02 Å². The maximum Gasteiger partial charge on any atom is 0.255 e. The summed E-state index contributed by atoms with van der Waals surface area (Å²) in [5.41, 5.74) is 2.84. The van der Waals surface area contributed by atoms with Gasteiger partial charge in [-0.25, -0.2) is 8.42 Å². The fourth-order valence-electron chi connectivity index (χ4n) is 3.00. The monoisotopic (exact) mass is 442 g/mol. The van der Waals surface area contributed by atoms with E-state index in [1.165, 1.54) is 4.31 Å². The molecule has 0 saturated carbocycles. The third kappa shape index (κ3) is 5.08. The number of aryl methyl sites for hydroxylation is 1. The van der Waals surface area contributed by atoms with Crippen LogP contribution in [0, 0.1) is 6.92 Å². The SMILES string of the molecule is CCN(Cc1ccc(C(=O)Nc2cc(Cl)ccc2C)cc1)S(=O)(=O)c1ccccc1. The van der Waals surface area contributed by atoms with E-state index in [1.54, 1.807) is 73.7 Å². The number of benzene rings is 3. The van der Waals surface area contributed by atoms with Crippen LogP contribution < -0.4 is 5.32 Å².